The molecule has 9 nitrogen and oxygen atoms in total. The Morgan fingerprint density at radius 3 is 2.64 bits per heavy atom. The highest BCUT2D eigenvalue weighted by Gasteiger charge is 2.19. The number of aliphatic hydroxyl groups is 1. The fourth-order valence-corrected chi connectivity index (χ4v) is 5.01. The minimum atomic E-state index is -0.347. The lowest BCUT2D eigenvalue weighted by Crippen LogP contribution is -2.17. The molecule has 0 aliphatic rings. The van der Waals surface area contributed by atoms with E-state index in [9.17, 15) is 14.7 Å². The van der Waals surface area contributed by atoms with Crippen LogP contribution in [0.4, 0.5) is 11.4 Å². The average Bonchev–Trinajstić information content (AvgIpc) is 3.63. The molecule has 4 heterocycles. The third kappa shape index (κ3) is 4.78. The van der Waals surface area contributed by atoms with E-state index in [-0.39, 0.29) is 18.4 Å². The van der Waals surface area contributed by atoms with Crippen LogP contribution in [-0.2, 0) is 13.6 Å². The van der Waals surface area contributed by atoms with Crippen molar-refractivity contribution >= 4 is 57.2 Å². The zero-order valence-corrected chi connectivity index (χ0v) is 20.9. The van der Waals surface area contributed by atoms with E-state index in [4.69, 9.17) is 11.6 Å². The number of H-pyrrole nitrogens is 1. The molecule has 0 spiro atoms. The van der Waals surface area contributed by atoms with E-state index in [1.807, 2.05) is 48.1 Å². The first-order chi connectivity index (χ1) is 17.4. The number of benzene rings is 1. The molecule has 5 rings (SSSR count). The van der Waals surface area contributed by atoms with Crippen LogP contribution in [0, 0.1) is 0 Å². The molecule has 1 aromatic carbocycles. The summed E-state index contributed by atoms with van der Waals surface area (Å²) < 4.78 is 3.59. The van der Waals surface area contributed by atoms with Crippen molar-refractivity contribution in [2.75, 3.05) is 17.2 Å². The number of amides is 2. The summed E-state index contributed by atoms with van der Waals surface area (Å²) in [5.41, 5.74) is 4.02. The highest BCUT2D eigenvalue weighted by atomic mass is 35.5. The molecule has 0 radical (unpaired) electrons. The number of para-hydroxylation sites is 2. The van der Waals surface area contributed by atoms with Gasteiger partial charge in [-0.05, 0) is 42.1 Å². The SMILES string of the molecule is Cn1cc(NC(=O)c2cc(NC(=O)c3sccc3Cl)cn2CCCO)cc1-c1nc2ccccc2[nH]1. The number of carbonyl (C=O) groups is 2. The largest absolute Gasteiger partial charge is 0.396 e. The first-order valence-corrected chi connectivity index (χ1v) is 12.5. The number of fused-ring (bicyclic) bond motifs is 1. The van der Waals surface area contributed by atoms with Crippen molar-refractivity contribution in [3.8, 4) is 11.5 Å². The molecule has 0 saturated heterocycles. The first-order valence-electron chi connectivity index (χ1n) is 11.2. The Morgan fingerprint density at radius 1 is 1.11 bits per heavy atom. The van der Waals surface area contributed by atoms with Gasteiger partial charge in [-0.25, -0.2) is 4.98 Å². The molecule has 0 saturated carbocycles. The van der Waals surface area contributed by atoms with Crippen LogP contribution in [0.1, 0.15) is 26.6 Å². The lowest BCUT2D eigenvalue weighted by atomic mass is 10.3. The molecule has 36 heavy (non-hydrogen) atoms. The van der Waals surface area contributed by atoms with Crippen LogP contribution in [-0.4, -0.2) is 42.6 Å². The summed E-state index contributed by atoms with van der Waals surface area (Å²) in [6.45, 7) is 0.388. The van der Waals surface area contributed by atoms with Crippen molar-refractivity contribution in [2.24, 2.45) is 7.05 Å². The molecule has 0 unspecified atom stereocenters. The quantitative estimate of drug-likeness (QED) is 0.230. The zero-order chi connectivity index (χ0) is 25.2. The summed E-state index contributed by atoms with van der Waals surface area (Å²) in [7, 11) is 1.88. The molecule has 11 heteroatoms. The number of anilines is 2. The van der Waals surface area contributed by atoms with Gasteiger partial charge in [0.2, 0.25) is 0 Å². The van der Waals surface area contributed by atoms with E-state index < -0.39 is 0 Å². The number of nitrogens with one attached hydrogen (secondary N) is 3. The topological polar surface area (TPSA) is 117 Å². The van der Waals surface area contributed by atoms with Crippen molar-refractivity contribution in [1.29, 1.82) is 0 Å². The van der Waals surface area contributed by atoms with Crippen LogP contribution < -0.4 is 10.6 Å². The molecule has 2 amide bonds. The van der Waals surface area contributed by atoms with Gasteiger partial charge in [0.25, 0.3) is 11.8 Å². The molecular formula is C25H23ClN6O3S. The summed E-state index contributed by atoms with van der Waals surface area (Å²) in [6, 6.07) is 12.9. The van der Waals surface area contributed by atoms with Crippen molar-refractivity contribution in [1.82, 2.24) is 19.1 Å². The number of imidazole rings is 1. The summed E-state index contributed by atoms with van der Waals surface area (Å²) in [4.78, 5) is 34.1. The summed E-state index contributed by atoms with van der Waals surface area (Å²) in [6.07, 6.45) is 3.94. The highest BCUT2D eigenvalue weighted by molar-refractivity contribution is 7.12. The Hall–Kier alpha value is -3.86. The molecule has 0 aliphatic carbocycles. The minimum absolute atomic E-state index is 0.0225. The second-order valence-corrected chi connectivity index (χ2v) is 9.54. The Morgan fingerprint density at radius 2 is 1.89 bits per heavy atom. The first kappa shape index (κ1) is 23.9. The molecule has 5 aromatic rings. The average molecular weight is 523 g/mol. The summed E-state index contributed by atoms with van der Waals surface area (Å²) >= 11 is 7.31. The number of aliphatic hydroxyl groups excluding tert-OH is 1. The van der Waals surface area contributed by atoms with Gasteiger partial charge in [-0.3, -0.25) is 9.59 Å². The Balaban J connectivity index is 1.37. The van der Waals surface area contributed by atoms with Gasteiger partial charge in [-0.2, -0.15) is 0 Å². The van der Waals surface area contributed by atoms with Gasteiger partial charge >= 0.3 is 0 Å². The number of hydrogen-bond donors (Lipinski definition) is 4. The van der Waals surface area contributed by atoms with E-state index in [0.29, 0.717) is 45.8 Å². The summed E-state index contributed by atoms with van der Waals surface area (Å²) in [5, 5.41) is 17.1. The second-order valence-electron chi connectivity index (χ2n) is 8.22. The van der Waals surface area contributed by atoms with E-state index in [2.05, 4.69) is 20.6 Å². The Labute approximate surface area is 215 Å². The van der Waals surface area contributed by atoms with E-state index in [1.54, 1.807) is 28.3 Å². The number of aromatic nitrogens is 4. The predicted octanol–water partition coefficient (Wildman–Crippen LogP) is 4.97. The van der Waals surface area contributed by atoms with Crippen molar-refractivity contribution < 1.29 is 14.7 Å². The van der Waals surface area contributed by atoms with Gasteiger partial charge in [-0.1, -0.05) is 23.7 Å². The molecule has 4 N–H and O–H groups in total. The predicted molar refractivity (Wildman–Crippen MR) is 142 cm³/mol. The molecule has 4 aromatic heterocycles. The van der Waals surface area contributed by atoms with Gasteiger partial charge in [0.1, 0.15) is 10.6 Å². The lowest BCUT2D eigenvalue weighted by Gasteiger charge is -2.08. The molecule has 0 aliphatic heterocycles. The van der Waals surface area contributed by atoms with Gasteiger partial charge in [0.05, 0.1) is 33.1 Å². The monoisotopic (exact) mass is 522 g/mol. The normalized spacial score (nSPS) is 11.2. The van der Waals surface area contributed by atoms with Crippen LogP contribution in [0.3, 0.4) is 0 Å². The van der Waals surface area contributed by atoms with E-state index in [0.717, 1.165) is 16.7 Å². The van der Waals surface area contributed by atoms with Crippen LogP contribution in [0.2, 0.25) is 5.02 Å². The van der Waals surface area contributed by atoms with Crippen molar-refractivity contribution in [2.45, 2.75) is 13.0 Å². The highest BCUT2D eigenvalue weighted by Crippen LogP contribution is 2.26. The number of rotatable bonds is 8. The second kappa shape index (κ2) is 10.0. The molecule has 0 bridgehead atoms. The number of thiophene rings is 1. The van der Waals surface area contributed by atoms with Gasteiger partial charge < -0.3 is 29.9 Å². The minimum Gasteiger partial charge on any atom is -0.396 e. The third-order valence-corrected chi connectivity index (χ3v) is 7.00. The maximum absolute atomic E-state index is 13.2. The Kier molecular flexibility index (Phi) is 6.64. The van der Waals surface area contributed by atoms with E-state index in [1.165, 1.54) is 11.3 Å². The molecule has 0 atom stereocenters. The molecule has 0 fully saturated rings. The number of nitrogens with zero attached hydrogens (tertiary/aromatic N) is 3. The number of hydrogen-bond acceptors (Lipinski definition) is 5. The maximum Gasteiger partial charge on any atom is 0.272 e. The van der Waals surface area contributed by atoms with Gasteiger partial charge in [-0.15, -0.1) is 11.3 Å². The standard InChI is InChI=1S/C25H23ClN6O3S/c1-31-13-15(11-20(31)23-29-18-5-2-3-6-19(18)30-23)27-24(34)21-12-16(14-32(21)8-4-9-33)28-25(35)22-17(26)7-10-36-22/h2-3,5-7,10-14,33H,4,8-9H2,1H3,(H,27,34)(H,28,35)(H,29,30). The van der Waals surface area contributed by atoms with Crippen molar-refractivity contribution in [3.63, 3.8) is 0 Å². The molecule has 184 valence electrons. The van der Waals surface area contributed by atoms with Gasteiger partial charge in [0, 0.05) is 32.6 Å². The van der Waals surface area contributed by atoms with Crippen LogP contribution in [0.25, 0.3) is 22.6 Å². The Bertz CT molecular complexity index is 1530. The maximum atomic E-state index is 13.2. The third-order valence-electron chi connectivity index (χ3n) is 5.66. The summed E-state index contributed by atoms with van der Waals surface area (Å²) in [5.74, 6) is 0.00640. The van der Waals surface area contributed by atoms with E-state index >= 15 is 0 Å². The number of aryl methyl sites for hydroxylation is 2. The molecular weight excluding hydrogens is 500 g/mol. The lowest BCUT2D eigenvalue weighted by molar-refractivity contribution is 0.101. The van der Waals surface area contributed by atoms with Crippen LogP contribution in [0.15, 0.2) is 60.2 Å². The van der Waals surface area contributed by atoms with Crippen molar-refractivity contribution in [3.05, 3.63) is 75.8 Å². The number of aromatic amines is 1. The fourth-order valence-electron chi connectivity index (χ4n) is 3.98. The van der Waals surface area contributed by atoms with Gasteiger partial charge in [0.15, 0.2) is 5.82 Å². The zero-order valence-electron chi connectivity index (χ0n) is 19.3. The number of halogens is 1. The fraction of sp³-hybridized carbons (Fsp3) is 0.160. The smallest absolute Gasteiger partial charge is 0.272 e. The number of carbonyl (C=O) groups excluding carboxylic acids is 2. The van der Waals surface area contributed by atoms with Crippen LogP contribution in [0.5, 0.6) is 0 Å². The van der Waals surface area contributed by atoms with Crippen LogP contribution >= 0.6 is 22.9 Å².